The van der Waals surface area contributed by atoms with Crippen LogP contribution >= 0.6 is 0 Å². The number of nitrogens with one attached hydrogen (secondary N) is 3. The Kier molecular flexibility index (Phi) is 5.10. The number of rotatable bonds is 4. The Morgan fingerprint density at radius 1 is 1.28 bits per heavy atom. The van der Waals surface area contributed by atoms with Crippen LogP contribution in [0.2, 0.25) is 0 Å². The average Bonchev–Trinajstić information content (AvgIpc) is 2.30. The minimum atomic E-state index is -0.551. The average molecular weight is 253 g/mol. The van der Waals surface area contributed by atoms with Crippen LogP contribution in [0.1, 0.15) is 20.3 Å². The molecule has 0 aromatic heterocycles. The lowest BCUT2D eigenvalue weighted by atomic mass is 10.2. The third kappa shape index (κ3) is 4.40. The molecule has 5 nitrogen and oxygen atoms in total. The number of carbonyl (C=O) groups is 2. The monoisotopic (exact) mass is 253 g/mol. The van der Waals surface area contributed by atoms with Crippen molar-refractivity contribution < 1.29 is 14.0 Å². The van der Waals surface area contributed by atoms with E-state index in [1.165, 1.54) is 25.1 Å². The summed E-state index contributed by atoms with van der Waals surface area (Å²) in [6.07, 6.45) is 0.827. The third-order valence-corrected chi connectivity index (χ3v) is 2.07. The van der Waals surface area contributed by atoms with E-state index >= 15 is 0 Å². The van der Waals surface area contributed by atoms with Gasteiger partial charge in [0.05, 0.1) is 5.69 Å². The molecule has 3 amide bonds. The highest BCUT2D eigenvalue weighted by atomic mass is 19.1. The number of hydrogen-bond acceptors (Lipinski definition) is 2. The van der Waals surface area contributed by atoms with Crippen molar-refractivity contribution in [3.63, 3.8) is 0 Å². The van der Waals surface area contributed by atoms with Crippen molar-refractivity contribution in [2.24, 2.45) is 0 Å². The highest BCUT2D eigenvalue weighted by Crippen LogP contribution is 2.19. The van der Waals surface area contributed by atoms with Crippen molar-refractivity contribution in [3.8, 4) is 0 Å². The quantitative estimate of drug-likeness (QED) is 0.770. The maximum atomic E-state index is 13.3. The van der Waals surface area contributed by atoms with Gasteiger partial charge in [0.1, 0.15) is 5.82 Å². The Hall–Kier alpha value is -2.11. The lowest BCUT2D eigenvalue weighted by molar-refractivity contribution is -0.114. The molecule has 0 saturated carbocycles. The van der Waals surface area contributed by atoms with Crippen LogP contribution in [0.4, 0.5) is 20.6 Å². The highest BCUT2D eigenvalue weighted by Gasteiger charge is 2.07. The molecular weight excluding hydrogens is 237 g/mol. The zero-order valence-corrected chi connectivity index (χ0v) is 10.3. The normalized spacial score (nSPS) is 9.72. The Bertz CT molecular complexity index is 449. The van der Waals surface area contributed by atoms with E-state index in [1.807, 2.05) is 6.92 Å². The van der Waals surface area contributed by atoms with Crippen molar-refractivity contribution in [1.82, 2.24) is 5.32 Å². The molecule has 0 spiro atoms. The number of carbonyl (C=O) groups excluding carboxylic acids is 2. The van der Waals surface area contributed by atoms with Crippen LogP contribution in [-0.4, -0.2) is 18.5 Å². The summed E-state index contributed by atoms with van der Waals surface area (Å²) in [6, 6.07) is 3.60. The molecule has 1 aromatic carbocycles. The Morgan fingerprint density at radius 2 is 2.00 bits per heavy atom. The molecule has 1 aromatic rings. The first-order chi connectivity index (χ1) is 8.52. The molecule has 0 unspecified atom stereocenters. The third-order valence-electron chi connectivity index (χ3n) is 2.07. The molecular formula is C12H16FN3O2. The van der Waals surface area contributed by atoms with Crippen LogP contribution in [0.25, 0.3) is 0 Å². The molecule has 0 aliphatic carbocycles. The SMILES string of the molecule is CCCNC(=O)Nc1ccc(F)c(NC(C)=O)c1. The molecule has 18 heavy (non-hydrogen) atoms. The molecule has 1 rings (SSSR count). The number of amides is 3. The molecule has 6 heteroatoms. The number of anilines is 2. The smallest absolute Gasteiger partial charge is 0.319 e. The van der Waals surface area contributed by atoms with E-state index in [4.69, 9.17) is 0 Å². The Balaban J connectivity index is 2.72. The summed E-state index contributed by atoms with van der Waals surface area (Å²) >= 11 is 0. The van der Waals surface area contributed by atoms with E-state index in [0.29, 0.717) is 12.2 Å². The first-order valence-corrected chi connectivity index (χ1v) is 5.65. The summed E-state index contributed by atoms with van der Waals surface area (Å²) in [4.78, 5) is 22.2. The molecule has 0 bridgehead atoms. The van der Waals surface area contributed by atoms with Crippen LogP contribution in [0, 0.1) is 5.82 Å². The summed E-state index contributed by atoms with van der Waals surface area (Å²) in [7, 11) is 0. The Morgan fingerprint density at radius 3 is 2.61 bits per heavy atom. The van der Waals surface area contributed by atoms with Gasteiger partial charge < -0.3 is 16.0 Å². The summed E-state index contributed by atoms with van der Waals surface area (Å²) in [6.45, 7) is 3.78. The van der Waals surface area contributed by atoms with E-state index in [-0.39, 0.29) is 17.6 Å². The van der Waals surface area contributed by atoms with Gasteiger partial charge in [-0.1, -0.05) is 6.92 Å². The minimum absolute atomic E-state index is 0.0378. The zero-order valence-electron chi connectivity index (χ0n) is 10.3. The topological polar surface area (TPSA) is 70.2 Å². The maximum absolute atomic E-state index is 13.3. The first-order valence-electron chi connectivity index (χ1n) is 5.65. The minimum Gasteiger partial charge on any atom is -0.338 e. The maximum Gasteiger partial charge on any atom is 0.319 e. The largest absolute Gasteiger partial charge is 0.338 e. The fraction of sp³-hybridized carbons (Fsp3) is 0.333. The van der Waals surface area contributed by atoms with E-state index < -0.39 is 5.82 Å². The van der Waals surface area contributed by atoms with Crippen molar-refractivity contribution >= 4 is 23.3 Å². The molecule has 0 heterocycles. The van der Waals surface area contributed by atoms with Gasteiger partial charge >= 0.3 is 6.03 Å². The molecule has 0 aliphatic rings. The summed E-state index contributed by atoms with van der Waals surface area (Å²) in [5.41, 5.74) is 0.449. The van der Waals surface area contributed by atoms with Gasteiger partial charge in [0.15, 0.2) is 0 Å². The molecule has 0 atom stereocenters. The van der Waals surface area contributed by atoms with Gasteiger partial charge in [-0.2, -0.15) is 0 Å². The van der Waals surface area contributed by atoms with Crippen LogP contribution < -0.4 is 16.0 Å². The van der Waals surface area contributed by atoms with Crippen LogP contribution in [0.5, 0.6) is 0 Å². The second kappa shape index (κ2) is 6.58. The van der Waals surface area contributed by atoms with Crippen molar-refractivity contribution in [3.05, 3.63) is 24.0 Å². The second-order valence-electron chi connectivity index (χ2n) is 3.76. The van der Waals surface area contributed by atoms with Gasteiger partial charge in [0.25, 0.3) is 0 Å². The molecule has 0 aliphatic heterocycles. The number of halogens is 1. The molecule has 3 N–H and O–H groups in total. The fourth-order valence-electron chi connectivity index (χ4n) is 1.30. The number of benzene rings is 1. The van der Waals surface area contributed by atoms with Gasteiger partial charge in [-0.25, -0.2) is 9.18 Å². The van der Waals surface area contributed by atoms with E-state index in [9.17, 15) is 14.0 Å². The molecule has 0 fully saturated rings. The van der Waals surface area contributed by atoms with Gasteiger partial charge in [-0.05, 0) is 24.6 Å². The molecule has 0 radical (unpaired) electrons. The van der Waals surface area contributed by atoms with Crippen molar-refractivity contribution in [1.29, 1.82) is 0 Å². The highest BCUT2D eigenvalue weighted by molar-refractivity contribution is 5.92. The Labute approximate surface area is 105 Å². The van der Waals surface area contributed by atoms with Crippen molar-refractivity contribution in [2.45, 2.75) is 20.3 Å². The van der Waals surface area contributed by atoms with Gasteiger partial charge in [-0.3, -0.25) is 4.79 Å². The van der Waals surface area contributed by atoms with Crippen LogP contribution in [0.3, 0.4) is 0 Å². The predicted octanol–water partition coefficient (Wildman–Crippen LogP) is 2.32. The lowest BCUT2D eigenvalue weighted by Crippen LogP contribution is -2.29. The first kappa shape index (κ1) is 14.0. The van der Waals surface area contributed by atoms with Gasteiger partial charge in [0, 0.05) is 19.2 Å². The van der Waals surface area contributed by atoms with Crippen LogP contribution in [-0.2, 0) is 4.79 Å². The van der Waals surface area contributed by atoms with Gasteiger partial charge in [0.2, 0.25) is 5.91 Å². The van der Waals surface area contributed by atoms with E-state index in [0.717, 1.165) is 6.42 Å². The molecule has 0 saturated heterocycles. The summed E-state index contributed by atoms with van der Waals surface area (Å²) in [5, 5.41) is 7.52. The number of hydrogen-bond donors (Lipinski definition) is 3. The van der Waals surface area contributed by atoms with Crippen molar-refractivity contribution in [2.75, 3.05) is 17.2 Å². The standard InChI is InChI=1S/C12H16FN3O2/c1-3-6-14-12(18)16-9-4-5-10(13)11(7-9)15-8(2)17/h4-5,7H,3,6H2,1-2H3,(H,15,17)(H2,14,16,18). The van der Waals surface area contributed by atoms with E-state index in [2.05, 4.69) is 16.0 Å². The van der Waals surface area contributed by atoms with Crippen LogP contribution in [0.15, 0.2) is 18.2 Å². The van der Waals surface area contributed by atoms with E-state index in [1.54, 1.807) is 0 Å². The summed E-state index contributed by atoms with van der Waals surface area (Å²) < 4.78 is 13.3. The fourth-order valence-corrected chi connectivity index (χ4v) is 1.30. The second-order valence-corrected chi connectivity index (χ2v) is 3.76. The van der Waals surface area contributed by atoms with Gasteiger partial charge in [-0.15, -0.1) is 0 Å². The summed E-state index contributed by atoms with van der Waals surface area (Å²) in [5.74, 6) is -0.925. The lowest BCUT2D eigenvalue weighted by Gasteiger charge is -2.09. The number of urea groups is 1. The molecule has 98 valence electrons. The zero-order chi connectivity index (χ0) is 13.5. The predicted molar refractivity (Wildman–Crippen MR) is 68.0 cm³/mol.